The summed E-state index contributed by atoms with van der Waals surface area (Å²) in [6.45, 7) is 0.696. The van der Waals surface area contributed by atoms with Crippen molar-refractivity contribution >= 4 is 15.9 Å². The number of hydrogen-bond acceptors (Lipinski definition) is 5. The Labute approximate surface area is 183 Å². The van der Waals surface area contributed by atoms with Gasteiger partial charge < -0.3 is 10.1 Å². The Morgan fingerprint density at radius 2 is 1.71 bits per heavy atom. The van der Waals surface area contributed by atoms with Crippen LogP contribution < -0.4 is 10.1 Å². The predicted octanol–water partition coefficient (Wildman–Crippen LogP) is 2.99. The number of nitrogens with one attached hydrogen (secondary N) is 1. The highest BCUT2D eigenvalue weighted by molar-refractivity contribution is 7.89. The minimum Gasteiger partial charge on any atom is -0.490 e. The fourth-order valence-corrected chi connectivity index (χ4v) is 5.91. The largest absolute Gasteiger partial charge is 0.490 e. The van der Waals surface area contributed by atoms with E-state index in [-0.39, 0.29) is 35.4 Å². The normalized spacial score (nSPS) is 25.0. The maximum atomic E-state index is 12.9. The van der Waals surface area contributed by atoms with E-state index in [1.54, 1.807) is 42.7 Å². The highest BCUT2D eigenvalue weighted by Crippen LogP contribution is 2.26. The second-order valence-electron chi connectivity index (χ2n) is 8.30. The van der Waals surface area contributed by atoms with E-state index in [1.165, 1.54) is 4.31 Å². The van der Waals surface area contributed by atoms with Crippen LogP contribution in [0.25, 0.3) is 0 Å². The molecule has 2 aliphatic rings. The lowest BCUT2D eigenvalue weighted by molar-refractivity contribution is -0.127. The monoisotopic (exact) mass is 443 g/mol. The summed E-state index contributed by atoms with van der Waals surface area (Å²) in [7, 11) is -3.57. The first kappa shape index (κ1) is 21.8. The van der Waals surface area contributed by atoms with E-state index >= 15 is 0 Å². The van der Waals surface area contributed by atoms with Crippen LogP contribution in [0.15, 0.2) is 59.8 Å². The Hall–Kier alpha value is -2.45. The first-order chi connectivity index (χ1) is 15.0. The summed E-state index contributed by atoms with van der Waals surface area (Å²) in [5.74, 6) is 0.480. The zero-order chi connectivity index (χ0) is 21.7. The predicted molar refractivity (Wildman–Crippen MR) is 117 cm³/mol. The van der Waals surface area contributed by atoms with Gasteiger partial charge in [0.25, 0.3) is 0 Å². The van der Waals surface area contributed by atoms with Gasteiger partial charge in [-0.1, -0.05) is 18.2 Å². The summed E-state index contributed by atoms with van der Waals surface area (Å²) in [6.07, 6.45) is 8.47. The van der Waals surface area contributed by atoms with Crippen LogP contribution in [0.1, 0.15) is 38.5 Å². The summed E-state index contributed by atoms with van der Waals surface area (Å²) < 4.78 is 33.3. The second-order valence-corrected chi connectivity index (χ2v) is 10.2. The molecule has 1 aliphatic heterocycles. The average molecular weight is 444 g/mol. The molecule has 2 heterocycles. The Balaban J connectivity index is 1.28. The molecular formula is C23H29N3O4S. The fraction of sp³-hybridized carbons (Fsp3) is 0.478. The molecule has 1 N–H and O–H groups in total. The molecule has 2 aromatic rings. The van der Waals surface area contributed by atoms with Gasteiger partial charge in [-0.25, -0.2) is 8.42 Å². The number of aromatic nitrogens is 1. The summed E-state index contributed by atoms with van der Waals surface area (Å²) in [4.78, 5) is 17.2. The van der Waals surface area contributed by atoms with Gasteiger partial charge in [0.2, 0.25) is 15.9 Å². The van der Waals surface area contributed by atoms with Crippen molar-refractivity contribution in [2.75, 3.05) is 13.1 Å². The van der Waals surface area contributed by atoms with Gasteiger partial charge in [0.15, 0.2) is 0 Å². The SMILES string of the molecule is O=C(NC1CCC(Oc2ccncc2)CC1)C1CCCN(S(=O)(=O)c2ccccc2)C1. The Bertz CT molecular complexity index is 961. The summed E-state index contributed by atoms with van der Waals surface area (Å²) in [5.41, 5.74) is 0. The quantitative estimate of drug-likeness (QED) is 0.742. The zero-order valence-electron chi connectivity index (χ0n) is 17.5. The summed E-state index contributed by atoms with van der Waals surface area (Å²) in [6, 6.07) is 12.3. The van der Waals surface area contributed by atoms with Crippen molar-refractivity contribution in [3.05, 3.63) is 54.9 Å². The molecule has 1 aliphatic carbocycles. The standard InChI is InChI=1S/C23H29N3O4S/c27-23(25-19-8-10-20(11-9-19)30-21-12-14-24-15-13-21)18-5-4-16-26(17-18)31(28,29)22-6-2-1-3-7-22/h1-3,6-7,12-15,18-20H,4-5,8-11,16-17H2,(H,25,27). The third-order valence-electron chi connectivity index (χ3n) is 6.11. The number of carbonyl (C=O) groups excluding carboxylic acids is 1. The van der Waals surface area contributed by atoms with Crippen molar-refractivity contribution < 1.29 is 17.9 Å². The lowest BCUT2D eigenvalue weighted by Gasteiger charge is -2.34. The second kappa shape index (κ2) is 9.78. The van der Waals surface area contributed by atoms with E-state index in [1.807, 2.05) is 12.1 Å². The van der Waals surface area contributed by atoms with Crippen LogP contribution in [0.2, 0.25) is 0 Å². The molecule has 0 spiro atoms. The smallest absolute Gasteiger partial charge is 0.243 e. The third-order valence-corrected chi connectivity index (χ3v) is 7.99. The molecule has 7 nitrogen and oxygen atoms in total. The van der Waals surface area contributed by atoms with Gasteiger partial charge in [-0.05, 0) is 62.8 Å². The van der Waals surface area contributed by atoms with Crippen molar-refractivity contribution in [3.63, 3.8) is 0 Å². The molecule has 2 fully saturated rings. The van der Waals surface area contributed by atoms with Gasteiger partial charge in [-0.15, -0.1) is 0 Å². The van der Waals surface area contributed by atoms with E-state index in [9.17, 15) is 13.2 Å². The molecule has 1 saturated heterocycles. The van der Waals surface area contributed by atoms with Crippen molar-refractivity contribution in [3.8, 4) is 5.75 Å². The van der Waals surface area contributed by atoms with Gasteiger partial charge >= 0.3 is 0 Å². The average Bonchev–Trinajstić information content (AvgIpc) is 2.82. The molecule has 1 atom stereocenters. The number of pyridine rings is 1. The lowest BCUT2D eigenvalue weighted by Crippen LogP contribution is -2.48. The molecule has 1 saturated carbocycles. The Kier molecular flexibility index (Phi) is 6.87. The van der Waals surface area contributed by atoms with Crippen molar-refractivity contribution in [1.82, 2.24) is 14.6 Å². The van der Waals surface area contributed by atoms with E-state index in [2.05, 4.69) is 10.3 Å². The highest BCUT2D eigenvalue weighted by atomic mass is 32.2. The van der Waals surface area contributed by atoms with Gasteiger partial charge in [-0.3, -0.25) is 9.78 Å². The number of piperidine rings is 1. The van der Waals surface area contributed by atoms with Crippen LogP contribution in [0.5, 0.6) is 5.75 Å². The number of hydrogen-bond donors (Lipinski definition) is 1. The summed E-state index contributed by atoms with van der Waals surface area (Å²) >= 11 is 0. The van der Waals surface area contributed by atoms with Crippen LogP contribution in [0.3, 0.4) is 0 Å². The Morgan fingerprint density at radius 1 is 1.00 bits per heavy atom. The van der Waals surface area contributed by atoms with E-state index < -0.39 is 10.0 Å². The number of amides is 1. The maximum Gasteiger partial charge on any atom is 0.243 e. The van der Waals surface area contributed by atoms with E-state index in [0.29, 0.717) is 19.4 Å². The Morgan fingerprint density at radius 3 is 2.42 bits per heavy atom. The van der Waals surface area contributed by atoms with E-state index in [4.69, 9.17) is 4.74 Å². The van der Waals surface area contributed by atoms with Crippen LogP contribution >= 0.6 is 0 Å². The molecule has 4 rings (SSSR count). The van der Waals surface area contributed by atoms with Crippen molar-refractivity contribution in [2.45, 2.75) is 55.6 Å². The molecule has 8 heteroatoms. The molecule has 0 bridgehead atoms. The molecule has 1 aromatic carbocycles. The van der Waals surface area contributed by atoms with Gasteiger partial charge in [0.1, 0.15) is 5.75 Å². The number of rotatable bonds is 6. The number of benzene rings is 1. The lowest BCUT2D eigenvalue weighted by atomic mass is 9.91. The molecule has 1 amide bonds. The van der Waals surface area contributed by atoms with E-state index in [0.717, 1.165) is 31.4 Å². The number of ether oxygens (including phenoxy) is 1. The molecule has 1 unspecified atom stereocenters. The van der Waals surface area contributed by atoms with Crippen molar-refractivity contribution in [1.29, 1.82) is 0 Å². The zero-order valence-corrected chi connectivity index (χ0v) is 18.3. The highest BCUT2D eigenvalue weighted by Gasteiger charge is 2.34. The minimum atomic E-state index is -3.57. The van der Waals surface area contributed by atoms with Gasteiger partial charge in [0.05, 0.1) is 16.9 Å². The summed E-state index contributed by atoms with van der Waals surface area (Å²) in [5, 5.41) is 3.16. The number of carbonyl (C=O) groups is 1. The first-order valence-corrected chi connectivity index (χ1v) is 12.4. The third kappa shape index (κ3) is 5.43. The van der Waals surface area contributed by atoms with Crippen LogP contribution in [-0.4, -0.2) is 48.8 Å². The number of sulfonamides is 1. The van der Waals surface area contributed by atoms with Crippen LogP contribution in [0.4, 0.5) is 0 Å². The minimum absolute atomic E-state index is 0.0357. The maximum absolute atomic E-state index is 12.9. The van der Waals surface area contributed by atoms with Crippen LogP contribution in [-0.2, 0) is 14.8 Å². The van der Waals surface area contributed by atoms with Crippen molar-refractivity contribution in [2.24, 2.45) is 5.92 Å². The molecular weight excluding hydrogens is 414 g/mol. The van der Waals surface area contributed by atoms with Gasteiger partial charge in [0, 0.05) is 31.5 Å². The fourth-order valence-electron chi connectivity index (χ4n) is 4.37. The van der Waals surface area contributed by atoms with Crippen LogP contribution in [0, 0.1) is 5.92 Å². The van der Waals surface area contributed by atoms with Gasteiger partial charge in [-0.2, -0.15) is 4.31 Å². The topological polar surface area (TPSA) is 88.6 Å². The number of nitrogens with zero attached hydrogens (tertiary/aromatic N) is 2. The molecule has 166 valence electrons. The molecule has 31 heavy (non-hydrogen) atoms. The molecule has 1 aromatic heterocycles. The first-order valence-electron chi connectivity index (χ1n) is 10.9. The molecule has 0 radical (unpaired) electrons.